The molecular weight excluding hydrogens is 330 g/mol. The van der Waals surface area contributed by atoms with Crippen LogP contribution in [0.3, 0.4) is 0 Å². The molecule has 122 valence electrons. The van der Waals surface area contributed by atoms with Gasteiger partial charge in [-0.2, -0.15) is 5.10 Å². The first-order chi connectivity index (χ1) is 11.0. The van der Waals surface area contributed by atoms with Crippen molar-refractivity contribution in [1.29, 1.82) is 0 Å². The maximum Gasteiger partial charge on any atom is 0.414 e. The van der Waals surface area contributed by atoms with Crippen molar-refractivity contribution in [3.05, 3.63) is 29.6 Å². The van der Waals surface area contributed by atoms with E-state index in [0.717, 1.165) is 6.07 Å². The van der Waals surface area contributed by atoms with Gasteiger partial charge in [-0.05, 0) is 18.2 Å². The van der Waals surface area contributed by atoms with Gasteiger partial charge in [0, 0.05) is 12.1 Å². The van der Waals surface area contributed by atoms with Crippen LogP contribution in [-0.2, 0) is 9.53 Å². The van der Waals surface area contributed by atoms with Crippen molar-refractivity contribution in [1.82, 2.24) is 5.43 Å². The van der Waals surface area contributed by atoms with Gasteiger partial charge < -0.3 is 10.5 Å². The number of halogens is 2. The van der Waals surface area contributed by atoms with Gasteiger partial charge in [0.05, 0.1) is 12.2 Å². The highest BCUT2D eigenvalue weighted by atomic mass is 32.2. The molecule has 1 saturated heterocycles. The van der Waals surface area contributed by atoms with E-state index in [-0.39, 0.29) is 23.7 Å². The van der Waals surface area contributed by atoms with E-state index in [1.54, 1.807) is 0 Å². The molecule has 10 heteroatoms. The Hall–Kier alpha value is -2.20. The molecule has 0 bridgehead atoms. The Morgan fingerprint density at radius 2 is 2.26 bits per heavy atom. The fourth-order valence-electron chi connectivity index (χ4n) is 2.16. The summed E-state index contributed by atoms with van der Waals surface area (Å²) in [5.41, 5.74) is 5.92. The van der Waals surface area contributed by atoms with Crippen LogP contribution in [0.1, 0.15) is 5.56 Å². The van der Waals surface area contributed by atoms with Crippen LogP contribution < -0.4 is 16.1 Å². The van der Waals surface area contributed by atoms with Gasteiger partial charge in [-0.25, -0.2) is 19.0 Å². The molecule has 2 heterocycles. The second-order valence-electron chi connectivity index (χ2n) is 4.84. The number of nitrogens with one attached hydrogen (secondary N) is 1. The highest BCUT2D eigenvalue weighted by molar-refractivity contribution is 8.15. The summed E-state index contributed by atoms with van der Waals surface area (Å²) in [6.45, 7) is 0.403. The third-order valence-electron chi connectivity index (χ3n) is 3.32. The summed E-state index contributed by atoms with van der Waals surface area (Å²) in [6.07, 6.45) is -1.04. The number of anilines is 1. The highest BCUT2D eigenvalue weighted by Gasteiger charge is 2.32. The lowest BCUT2D eigenvalue weighted by molar-refractivity contribution is -0.123. The van der Waals surface area contributed by atoms with Crippen molar-refractivity contribution in [3.8, 4) is 0 Å². The molecule has 1 unspecified atom stereocenters. The van der Waals surface area contributed by atoms with E-state index in [1.165, 1.54) is 17.0 Å². The van der Waals surface area contributed by atoms with Crippen molar-refractivity contribution in [2.45, 2.75) is 11.6 Å². The van der Waals surface area contributed by atoms with Crippen LogP contribution in [0, 0.1) is 5.82 Å². The molecule has 2 aliphatic rings. The molecule has 2 aliphatic heterocycles. The number of amides is 2. The first-order valence-electron chi connectivity index (χ1n) is 6.66. The molecule has 7 nitrogen and oxygen atoms in total. The number of rotatable bonds is 3. The number of alkyl halides is 1. The fraction of sp³-hybridized carbons (Fsp3) is 0.308. The number of thioether (sulfide) groups is 1. The lowest BCUT2D eigenvalue weighted by Crippen LogP contribution is -2.32. The minimum Gasteiger partial charge on any atom is -0.443 e. The number of nitrogens with zero attached hydrogens (tertiary/aromatic N) is 2. The summed E-state index contributed by atoms with van der Waals surface area (Å²) in [6, 6.07) is 3.98. The summed E-state index contributed by atoms with van der Waals surface area (Å²) < 4.78 is 32.7. The van der Waals surface area contributed by atoms with E-state index in [4.69, 9.17) is 10.5 Å². The Labute approximate surface area is 133 Å². The van der Waals surface area contributed by atoms with E-state index in [2.05, 4.69) is 5.10 Å². The van der Waals surface area contributed by atoms with E-state index in [0.29, 0.717) is 17.4 Å². The Morgan fingerprint density at radius 3 is 2.87 bits per heavy atom. The largest absolute Gasteiger partial charge is 0.443 e. The van der Waals surface area contributed by atoms with Gasteiger partial charge in [0.1, 0.15) is 17.0 Å². The number of carbonyl (C=O) groups excluding carboxylic acids is 2. The molecule has 0 radical (unpaired) electrons. The van der Waals surface area contributed by atoms with Crippen LogP contribution in [0.15, 0.2) is 23.3 Å². The van der Waals surface area contributed by atoms with Gasteiger partial charge in [-0.3, -0.25) is 9.69 Å². The second-order valence-corrected chi connectivity index (χ2v) is 5.88. The maximum absolute atomic E-state index is 14.3. The topological polar surface area (TPSA) is 97.0 Å². The Kier molecular flexibility index (Phi) is 4.18. The molecule has 2 atom stereocenters. The molecule has 0 aliphatic carbocycles. The Balaban J connectivity index is 1.84. The van der Waals surface area contributed by atoms with Crippen molar-refractivity contribution in [2.24, 2.45) is 10.8 Å². The van der Waals surface area contributed by atoms with Gasteiger partial charge in [0.2, 0.25) is 5.50 Å². The Bertz CT molecular complexity index is 700. The zero-order valence-corrected chi connectivity index (χ0v) is 12.5. The highest BCUT2D eigenvalue weighted by Crippen LogP contribution is 2.28. The minimum atomic E-state index is -1.85. The molecule has 3 N–H and O–H groups in total. The number of hydrazone groups is 1. The number of hydrogen-bond donors (Lipinski definition) is 2. The van der Waals surface area contributed by atoms with Crippen LogP contribution in [0.25, 0.3) is 0 Å². The van der Waals surface area contributed by atoms with E-state index < -0.39 is 29.4 Å². The predicted molar refractivity (Wildman–Crippen MR) is 80.2 cm³/mol. The predicted octanol–water partition coefficient (Wildman–Crippen LogP) is 0.930. The summed E-state index contributed by atoms with van der Waals surface area (Å²) in [5.74, 6) is -1.58. The third-order valence-corrected chi connectivity index (χ3v) is 4.28. The number of hydrogen-bond acceptors (Lipinski definition) is 6. The molecule has 3 rings (SSSR count). The lowest BCUT2D eigenvalue weighted by atomic mass is 10.2. The number of nitrogens with two attached hydrogens (primary N) is 1. The summed E-state index contributed by atoms with van der Waals surface area (Å²) in [4.78, 5) is 24.0. The zero-order chi connectivity index (χ0) is 16.6. The number of cyclic esters (lactones) is 1. The van der Waals surface area contributed by atoms with Gasteiger partial charge in [0.25, 0.3) is 5.91 Å². The van der Waals surface area contributed by atoms with Crippen LogP contribution in [0.4, 0.5) is 19.3 Å². The van der Waals surface area contributed by atoms with Gasteiger partial charge >= 0.3 is 6.09 Å². The van der Waals surface area contributed by atoms with Crippen molar-refractivity contribution < 1.29 is 23.1 Å². The number of benzene rings is 1. The number of carbonyl (C=O) groups is 2. The third kappa shape index (κ3) is 2.99. The maximum atomic E-state index is 14.3. The van der Waals surface area contributed by atoms with Gasteiger partial charge in [-0.15, -0.1) is 0 Å². The molecule has 23 heavy (non-hydrogen) atoms. The SMILES string of the molecule is NC[C@H]1CN(c2ccc(C3=NNC(=O)C(F)S3)c(F)c2)C(=O)O1. The zero-order valence-electron chi connectivity index (χ0n) is 11.7. The molecule has 0 spiro atoms. The normalized spacial score (nSPS) is 24.3. The molecule has 1 aromatic carbocycles. The van der Waals surface area contributed by atoms with E-state index >= 15 is 0 Å². The van der Waals surface area contributed by atoms with Crippen LogP contribution in [-0.4, -0.2) is 41.7 Å². The van der Waals surface area contributed by atoms with Crippen LogP contribution >= 0.6 is 11.8 Å². The van der Waals surface area contributed by atoms with E-state index in [9.17, 15) is 18.4 Å². The smallest absolute Gasteiger partial charge is 0.414 e. The van der Waals surface area contributed by atoms with Gasteiger partial charge in [0.15, 0.2) is 0 Å². The van der Waals surface area contributed by atoms with E-state index in [1.807, 2.05) is 5.43 Å². The average molecular weight is 342 g/mol. The first kappa shape index (κ1) is 15.7. The molecule has 1 aromatic rings. The summed E-state index contributed by atoms with van der Waals surface area (Å²) in [5, 5.41) is 3.66. The Morgan fingerprint density at radius 1 is 1.48 bits per heavy atom. The van der Waals surface area contributed by atoms with Gasteiger partial charge in [-0.1, -0.05) is 11.8 Å². The molecule has 0 aromatic heterocycles. The first-order valence-corrected chi connectivity index (χ1v) is 7.54. The van der Waals surface area contributed by atoms with Crippen LogP contribution in [0.5, 0.6) is 0 Å². The molecule has 0 saturated carbocycles. The average Bonchev–Trinajstić information content (AvgIpc) is 2.91. The van der Waals surface area contributed by atoms with Crippen molar-refractivity contribution in [2.75, 3.05) is 18.0 Å². The molecule has 1 fully saturated rings. The van der Waals surface area contributed by atoms with Crippen molar-refractivity contribution >= 4 is 34.5 Å². The quantitative estimate of drug-likeness (QED) is 0.852. The molecular formula is C13H12F2N4O3S. The second kappa shape index (κ2) is 6.13. The lowest BCUT2D eigenvalue weighted by Gasteiger charge is -2.17. The standard InChI is InChI=1S/C13H12F2N4O3S/c14-9-3-6(19-5-7(4-16)22-13(19)21)1-2-8(9)12-18-17-11(20)10(15)23-12/h1-3,7,10H,4-5,16H2,(H,17,20)/t7-,10?/m0/s1. The molecule has 2 amide bonds. The van der Waals surface area contributed by atoms with Crippen molar-refractivity contribution in [3.63, 3.8) is 0 Å². The summed E-state index contributed by atoms with van der Waals surface area (Å²) >= 11 is 0.514. The number of ether oxygens (including phenoxy) is 1. The fourth-order valence-corrected chi connectivity index (χ4v) is 2.91. The monoisotopic (exact) mass is 342 g/mol. The summed E-state index contributed by atoms with van der Waals surface area (Å²) in [7, 11) is 0. The van der Waals surface area contributed by atoms with Crippen LogP contribution in [0.2, 0.25) is 0 Å². The minimum absolute atomic E-state index is 0.0185.